The molecule has 4 aromatic rings. The molecule has 200 valence electrons. The number of nitrogens with one attached hydrogen (secondary N) is 2. The highest BCUT2D eigenvalue weighted by Gasteiger charge is 2.23. The van der Waals surface area contributed by atoms with Gasteiger partial charge in [0.1, 0.15) is 24.6 Å². The molecule has 3 aromatic carbocycles. The van der Waals surface area contributed by atoms with E-state index in [1.807, 2.05) is 12.1 Å². The fourth-order valence-electron chi connectivity index (χ4n) is 4.23. The molecule has 1 aromatic heterocycles. The maximum atomic E-state index is 13.3. The van der Waals surface area contributed by atoms with Crippen molar-refractivity contribution in [1.29, 1.82) is 0 Å². The smallest absolute Gasteiger partial charge is 0.357 e. The summed E-state index contributed by atoms with van der Waals surface area (Å²) < 4.78 is 11.0. The number of aromatic nitrogens is 1. The van der Waals surface area contributed by atoms with E-state index in [1.54, 1.807) is 66.7 Å². The zero-order valence-corrected chi connectivity index (χ0v) is 21.3. The number of amides is 2. The average Bonchev–Trinajstić information content (AvgIpc) is 3.01. The Kier molecular flexibility index (Phi) is 7.92. The Hall–Kier alpha value is -5.31. The van der Waals surface area contributed by atoms with Crippen LogP contribution in [0.2, 0.25) is 0 Å². The summed E-state index contributed by atoms with van der Waals surface area (Å²) in [7, 11) is 0. The first-order valence-electron chi connectivity index (χ1n) is 12.6. The Morgan fingerprint density at radius 3 is 1.43 bits per heavy atom. The first kappa shape index (κ1) is 26.3. The molecule has 0 aliphatic carbocycles. The molecule has 2 heterocycles. The quantitative estimate of drug-likeness (QED) is 0.371. The van der Waals surface area contributed by atoms with Crippen molar-refractivity contribution in [1.82, 2.24) is 15.6 Å². The molecule has 0 saturated heterocycles. The molecular weight excluding hydrogens is 510 g/mol. The minimum atomic E-state index is -0.762. The van der Waals surface area contributed by atoms with Gasteiger partial charge in [0.15, 0.2) is 0 Å². The predicted molar refractivity (Wildman–Crippen MR) is 145 cm³/mol. The average molecular weight is 536 g/mol. The Labute approximate surface area is 230 Å². The Morgan fingerprint density at radius 2 is 0.975 bits per heavy atom. The molecule has 1 aliphatic heterocycles. The summed E-state index contributed by atoms with van der Waals surface area (Å²) in [5, 5.41) is 5.78. The van der Waals surface area contributed by atoms with E-state index in [-0.39, 0.29) is 35.7 Å². The highest BCUT2D eigenvalue weighted by atomic mass is 16.5. The minimum Gasteiger partial charge on any atom is -0.458 e. The van der Waals surface area contributed by atoms with E-state index in [1.165, 1.54) is 24.3 Å². The van der Waals surface area contributed by atoms with Gasteiger partial charge in [-0.3, -0.25) is 9.59 Å². The Morgan fingerprint density at radius 1 is 0.550 bits per heavy atom. The number of nitrogens with zero attached hydrogens (tertiary/aromatic N) is 1. The summed E-state index contributed by atoms with van der Waals surface area (Å²) in [4.78, 5) is 56.3. The van der Waals surface area contributed by atoms with Crippen LogP contribution in [0.1, 0.15) is 64.9 Å². The molecule has 0 fully saturated rings. The molecule has 5 rings (SSSR count). The van der Waals surface area contributed by atoms with Crippen LogP contribution >= 0.6 is 0 Å². The van der Waals surface area contributed by atoms with E-state index in [0.29, 0.717) is 11.1 Å². The number of esters is 2. The van der Waals surface area contributed by atoms with Crippen molar-refractivity contribution in [2.24, 2.45) is 0 Å². The van der Waals surface area contributed by atoms with Crippen LogP contribution < -0.4 is 10.6 Å². The Balaban J connectivity index is 1.51. The van der Waals surface area contributed by atoms with Crippen molar-refractivity contribution in [2.45, 2.75) is 12.1 Å². The lowest BCUT2D eigenvalue weighted by molar-refractivity contribution is 0.0437. The molecule has 1 aliphatic rings. The van der Waals surface area contributed by atoms with E-state index in [0.717, 1.165) is 0 Å². The number of hydrogen-bond donors (Lipinski definition) is 2. The van der Waals surface area contributed by atoms with Gasteiger partial charge in [0, 0.05) is 11.1 Å². The van der Waals surface area contributed by atoms with Crippen LogP contribution in [0.5, 0.6) is 0 Å². The molecule has 9 nitrogen and oxygen atoms in total. The lowest BCUT2D eigenvalue weighted by atomic mass is 10.0. The van der Waals surface area contributed by atoms with Crippen LogP contribution in [-0.2, 0) is 9.47 Å². The first-order valence-corrected chi connectivity index (χ1v) is 12.6. The van der Waals surface area contributed by atoms with Gasteiger partial charge >= 0.3 is 11.9 Å². The number of carbonyl (C=O) groups excluding carboxylic acids is 4. The minimum absolute atomic E-state index is 0.0886. The van der Waals surface area contributed by atoms with Crippen LogP contribution in [0.25, 0.3) is 0 Å². The van der Waals surface area contributed by atoms with Crippen LogP contribution in [0.4, 0.5) is 0 Å². The van der Waals surface area contributed by atoms with Crippen molar-refractivity contribution in [3.05, 3.63) is 137 Å². The first-order chi connectivity index (χ1) is 19.5. The molecule has 0 spiro atoms. The van der Waals surface area contributed by atoms with E-state index in [2.05, 4.69) is 15.6 Å². The maximum absolute atomic E-state index is 13.3. The molecule has 0 radical (unpaired) electrons. The normalized spacial score (nSPS) is 18.3. The van der Waals surface area contributed by atoms with Gasteiger partial charge in [-0.1, -0.05) is 72.8 Å². The highest BCUT2D eigenvalue weighted by Crippen LogP contribution is 2.18. The van der Waals surface area contributed by atoms with Gasteiger partial charge in [0.05, 0.1) is 12.1 Å². The van der Waals surface area contributed by atoms with Crippen molar-refractivity contribution in [2.75, 3.05) is 13.2 Å². The van der Waals surface area contributed by atoms with Crippen LogP contribution in [0.3, 0.4) is 0 Å². The van der Waals surface area contributed by atoms with Crippen molar-refractivity contribution < 1.29 is 28.7 Å². The molecule has 2 amide bonds. The van der Waals surface area contributed by atoms with Crippen molar-refractivity contribution >= 4 is 23.8 Å². The summed E-state index contributed by atoms with van der Waals surface area (Å²) in [5.74, 6) is -2.42. The van der Waals surface area contributed by atoms with E-state index < -0.39 is 35.8 Å². The number of cyclic esters (lactones) is 2. The van der Waals surface area contributed by atoms with E-state index >= 15 is 0 Å². The molecule has 9 heteroatoms. The summed E-state index contributed by atoms with van der Waals surface area (Å²) in [6.07, 6.45) is 0. The number of benzene rings is 3. The molecule has 4 bridgehead atoms. The van der Waals surface area contributed by atoms with E-state index in [9.17, 15) is 19.2 Å². The monoisotopic (exact) mass is 535 g/mol. The van der Waals surface area contributed by atoms with E-state index in [4.69, 9.17) is 9.47 Å². The molecule has 40 heavy (non-hydrogen) atoms. The molecule has 0 saturated carbocycles. The van der Waals surface area contributed by atoms with Gasteiger partial charge in [0.2, 0.25) is 0 Å². The van der Waals surface area contributed by atoms with Crippen LogP contribution in [-0.4, -0.2) is 42.0 Å². The maximum Gasteiger partial charge on any atom is 0.357 e. The largest absolute Gasteiger partial charge is 0.458 e. The number of ether oxygens (including phenoxy) is 2. The third-order valence-electron chi connectivity index (χ3n) is 6.33. The third-order valence-corrected chi connectivity index (χ3v) is 6.33. The van der Waals surface area contributed by atoms with Gasteiger partial charge in [-0.15, -0.1) is 0 Å². The van der Waals surface area contributed by atoms with Gasteiger partial charge in [0.25, 0.3) is 11.8 Å². The summed E-state index contributed by atoms with van der Waals surface area (Å²) >= 11 is 0. The fourth-order valence-corrected chi connectivity index (χ4v) is 4.23. The summed E-state index contributed by atoms with van der Waals surface area (Å²) in [5.41, 5.74) is 1.74. The number of fused-ring (bicyclic) bond motifs is 4. The number of pyridine rings is 1. The second-order valence-corrected chi connectivity index (χ2v) is 9.06. The second kappa shape index (κ2) is 12.0. The standard InChI is InChI=1S/C31H25N3O6/c35-28-22-13-7-14-23(17-22)29(36)34-27(21-11-5-2-6-12-21)19-40-31(38)25-16-8-15-24(32-25)30(37)39-18-26(33-28)20-9-3-1-4-10-20/h1-17,26-27H,18-19H2,(H,33,35)(H,34,36)/t26-,27-/m0/s1. The van der Waals surface area contributed by atoms with Crippen molar-refractivity contribution in [3.63, 3.8) is 0 Å². The lowest BCUT2D eigenvalue weighted by Crippen LogP contribution is -2.34. The summed E-state index contributed by atoms with van der Waals surface area (Å²) in [6, 6.07) is 27.3. The van der Waals surface area contributed by atoms with Crippen LogP contribution in [0, 0.1) is 0 Å². The molecule has 2 N–H and O–H groups in total. The second-order valence-electron chi connectivity index (χ2n) is 9.06. The summed E-state index contributed by atoms with van der Waals surface area (Å²) in [6.45, 7) is -0.381. The van der Waals surface area contributed by atoms with Gasteiger partial charge < -0.3 is 20.1 Å². The van der Waals surface area contributed by atoms with Gasteiger partial charge in [-0.25, -0.2) is 14.6 Å². The lowest BCUT2D eigenvalue weighted by Gasteiger charge is -2.21. The number of hydrogen-bond acceptors (Lipinski definition) is 7. The topological polar surface area (TPSA) is 124 Å². The predicted octanol–water partition coefficient (Wildman–Crippen LogP) is 4.05. The molecular formula is C31H25N3O6. The number of rotatable bonds is 2. The Bertz CT molecular complexity index is 1430. The fraction of sp³-hybridized carbons (Fsp3) is 0.129. The van der Waals surface area contributed by atoms with Crippen LogP contribution in [0.15, 0.2) is 103 Å². The van der Waals surface area contributed by atoms with Crippen molar-refractivity contribution in [3.8, 4) is 0 Å². The van der Waals surface area contributed by atoms with Gasteiger partial charge in [-0.05, 0) is 41.5 Å². The SMILES string of the molecule is O=C1N[C@H](c2ccccc2)COC(=O)c2cccc(n2)C(=O)OC[C@@H](c2ccccc2)NC(=O)c2cccc1c2. The molecule has 0 unspecified atom stereocenters. The number of carbonyl (C=O) groups is 4. The zero-order chi connectivity index (χ0) is 27.9. The van der Waals surface area contributed by atoms with Gasteiger partial charge in [-0.2, -0.15) is 0 Å². The zero-order valence-electron chi connectivity index (χ0n) is 21.3. The third kappa shape index (κ3) is 6.21. The molecule has 2 atom stereocenters. The highest BCUT2D eigenvalue weighted by molar-refractivity contribution is 6.00.